The van der Waals surface area contributed by atoms with Gasteiger partial charge in [-0.25, -0.2) is 8.42 Å². The predicted molar refractivity (Wildman–Crippen MR) is 64.1 cm³/mol. The summed E-state index contributed by atoms with van der Waals surface area (Å²) in [5.41, 5.74) is 5.35. The van der Waals surface area contributed by atoms with Crippen molar-refractivity contribution in [3.63, 3.8) is 0 Å². The third-order valence-corrected chi connectivity index (χ3v) is 4.78. The van der Waals surface area contributed by atoms with Crippen LogP contribution in [0.25, 0.3) is 0 Å². The van der Waals surface area contributed by atoms with Crippen LogP contribution in [0.2, 0.25) is 0 Å². The second-order valence-electron chi connectivity index (χ2n) is 3.55. The molecular weight excluding hydrogens is 278 g/mol. The SMILES string of the molecule is CC(NS(=O)(=O)c1nnc(N)s1)c1nncn1C. The van der Waals surface area contributed by atoms with Gasteiger partial charge in [0.15, 0.2) is 0 Å². The van der Waals surface area contributed by atoms with Gasteiger partial charge in [0.1, 0.15) is 12.2 Å². The Labute approximate surface area is 107 Å². The van der Waals surface area contributed by atoms with Gasteiger partial charge in [0, 0.05) is 7.05 Å². The lowest BCUT2D eigenvalue weighted by Crippen LogP contribution is -2.28. The van der Waals surface area contributed by atoms with Crippen molar-refractivity contribution < 1.29 is 8.42 Å². The molecule has 9 nitrogen and oxygen atoms in total. The fourth-order valence-corrected chi connectivity index (χ4v) is 3.35. The molecule has 2 heterocycles. The smallest absolute Gasteiger partial charge is 0.270 e. The molecule has 0 spiro atoms. The van der Waals surface area contributed by atoms with Crippen LogP contribution in [0.5, 0.6) is 0 Å². The fourth-order valence-electron chi connectivity index (χ4n) is 1.35. The molecule has 18 heavy (non-hydrogen) atoms. The maximum atomic E-state index is 11.9. The highest BCUT2D eigenvalue weighted by Gasteiger charge is 2.24. The van der Waals surface area contributed by atoms with Crippen LogP contribution in [0.15, 0.2) is 10.7 Å². The summed E-state index contributed by atoms with van der Waals surface area (Å²) in [7, 11) is -2.02. The Morgan fingerprint density at radius 3 is 2.67 bits per heavy atom. The molecule has 11 heteroatoms. The van der Waals surface area contributed by atoms with E-state index in [9.17, 15) is 8.42 Å². The van der Waals surface area contributed by atoms with E-state index in [0.29, 0.717) is 5.82 Å². The molecule has 0 bridgehead atoms. The van der Waals surface area contributed by atoms with Crippen LogP contribution >= 0.6 is 11.3 Å². The van der Waals surface area contributed by atoms with E-state index in [0.717, 1.165) is 11.3 Å². The van der Waals surface area contributed by atoms with E-state index in [4.69, 9.17) is 5.73 Å². The van der Waals surface area contributed by atoms with Crippen LogP contribution in [0.1, 0.15) is 18.8 Å². The highest BCUT2D eigenvalue weighted by Crippen LogP contribution is 2.19. The highest BCUT2D eigenvalue weighted by atomic mass is 32.2. The van der Waals surface area contributed by atoms with Crippen molar-refractivity contribution in [2.24, 2.45) is 7.05 Å². The highest BCUT2D eigenvalue weighted by molar-refractivity contribution is 7.91. The van der Waals surface area contributed by atoms with Crippen molar-refractivity contribution in [1.82, 2.24) is 29.7 Å². The van der Waals surface area contributed by atoms with Crippen LogP contribution in [0.3, 0.4) is 0 Å². The van der Waals surface area contributed by atoms with Gasteiger partial charge >= 0.3 is 0 Å². The van der Waals surface area contributed by atoms with Crippen LogP contribution in [0.4, 0.5) is 5.13 Å². The first-order valence-electron chi connectivity index (χ1n) is 4.85. The molecule has 3 N–H and O–H groups in total. The minimum absolute atomic E-state index is 0.0988. The minimum Gasteiger partial charge on any atom is -0.374 e. The summed E-state index contributed by atoms with van der Waals surface area (Å²) in [5, 5.41) is 14.6. The van der Waals surface area contributed by atoms with Gasteiger partial charge in [-0.05, 0) is 6.92 Å². The Balaban J connectivity index is 2.21. The van der Waals surface area contributed by atoms with E-state index in [1.807, 2.05) is 0 Å². The number of hydrogen-bond donors (Lipinski definition) is 2. The van der Waals surface area contributed by atoms with Gasteiger partial charge in [-0.3, -0.25) is 0 Å². The van der Waals surface area contributed by atoms with Gasteiger partial charge in [0.25, 0.3) is 10.0 Å². The number of nitrogens with one attached hydrogen (secondary N) is 1. The lowest BCUT2D eigenvalue weighted by Gasteiger charge is -2.11. The standard InChI is InChI=1S/C7H11N7O2S2/c1-4(5-10-9-3-14(5)2)13-18(15,16)7-12-11-6(8)17-7/h3-4,13H,1-2H3,(H2,8,11). The molecular formula is C7H11N7O2S2. The Hall–Kier alpha value is -1.59. The minimum atomic E-state index is -3.75. The molecule has 0 aliphatic rings. The van der Waals surface area contributed by atoms with Crippen LogP contribution in [-0.2, 0) is 17.1 Å². The Morgan fingerprint density at radius 1 is 1.44 bits per heavy atom. The second-order valence-corrected chi connectivity index (χ2v) is 6.45. The fraction of sp³-hybridized carbons (Fsp3) is 0.429. The van der Waals surface area contributed by atoms with Gasteiger partial charge < -0.3 is 10.3 Å². The first-order chi connectivity index (χ1) is 8.40. The number of aromatic nitrogens is 5. The van der Waals surface area contributed by atoms with Crippen molar-refractivity contribution in [3.8, 4) is 0 Å². The summed E-state index contributed by atoms with van der Waals surface area (Å²) in [4.78, 5) is 0. The Kier molecular flexibility index (Phi) is 3.28. The van der Waals surface area contributed by atoms with Gasteiger partial charge in [-0.1, -0.05) is 11.3 Å². The Bertz CT molecular complexity index is 646. The van der Waals surface area contributed by atoms with E-state index in [-0.39, 0.29) is 9.47 Å². The van der Waals surface area contributed by atoms with Crippen molar-refractivity contribution in [2.45, 2.75) is 17.3 Å². The van der Waals surface area contributed by atoms with E-state index >= 15 is 0 Å². The topological polar surface area (TPSA) is 129 Å². The summed E-state index contributed by atoms with van der Waals surface area (Å²) in [5.74, 6) is 0.496. The van der Waals surface area contributed by atoms with E-state index < -0.39 is 16.1 Å². The van der Waals surface area contributed by atoms with E-state index in [2.05, 4.69) is 25.1 Å². The number of hydrogen-bond acceptors (Lipinski definition) is 8. The molecule has 1 unspecified atom stereocenters. The Morgan fingerprint density at radius 2 is 2.17 bits per heavy atom. The molecule has 0 fully saturated rings. The molecule has 2 rings (SSSR count). The number of nitrogens with two attached hydrogens (primary N) is 1. The van der Waals surface area contributed by atoms with Gasteiger partial charge in [0.2, 0.25) is 9.47 Å². The zero-order chi connectivity index (χ0) is 13.3. The lowest BCUT2D eigenvalue weighted by molar-refractivity contribution is 0.551. The molecule has 0 aliphatic carbocycles. The summed E-state index contributed by atoms with van der Waals surface area (Å²) in [6.07, 6.45) is 1.49. The number of nitrogen functional groups attached to an aromatic ring is 1. The molecule has 0 amide bonds. The first kappa shape index (κ1) is 12.9. The number of anilines is 1. The van der Waals surface area contributed by atoms with Crippen LogP contribution < -0.4 is 10.5 Å². The first-order valence-corrected chi connectivity index (χ1v) is 7.15. The van der Waals surface area contributed by atoms with Crippen molar-refractivity contribution in [3.05, 3.63) is 12.2 Å². The summed E-state index contributed by atoms with van der Waals surface area (Å²) >= 11 is 0.800. The van der Waals surface area contributed by atoms with Gasteiger partial charge in [0.05, 0.1) is 6.04 Å². The quantitative estimate of drug-likeness (QED) is 0.760. The number of nitrogens with zero attached hydrogens (tertiary/aromatic N) is 5. The molecule has 0 saturated carbocycles. The monoisotopic (exact) mass is 289 g/mol. The molecule has 1 atom stereocenters. The van der Waals surface area contributed by atoms with Crippen molar-refractivity contribution in [1.29, 1.82) is 0 Å². The number of rotatable bonds is 4. The second kappa shape index (κ2) is 4.59. The summed E-state index contributed by atoms with van der Waals surface area (Å²) in [6, 6.07) is -0.535. The predicted octanol–water partition coefficient (Wildman–Crippen LogP) is -0.712. The molecule has 2 aromatic rings. The van der Waals surface area contributed by atoms with Gasteiger partial charge in [-0.2, -0.15) is 4.72 Å². The molecule has 0 radical (unpaired) electrons. The van der Waals surface area contributed by atoms with E-state index in [1.165, 1.54) is 6.33 Å². The average Bonchev–Trinajstić information content (AvgIpc) is 2.86. The largest absolute Gasteiger partial charge is 0.374 e. The summed E-state index contributed by atoms with van der Waals surface area (Å²) < 4.78 is 27.8. The average molecular weight is 289 g/mol. The normalized spacial score (nSPS) is 13.7. The van der Waals surface area contributed by atoms with Crippen LogP contribution in [0, 0.1) is 0 Å². The van der Waals surface area contributed by atoms with E-state index in [1.54, 1.807) is 18.5 Å². The maximum absolute atomic E-state index is 11.9. The number of aryl methyl sites for hydroxylation is 1. The van der Waals surface area contributed by atoms with Gasteiger partial charge in [-0.15, -0.1) is 20.4 Å². The third-order valence-electron chi connectivity index (χ3n) is 2.12. The zero-order valence-electron chi connectivity index (χ0n) is 9.60. The molecule has 98 valence electrons. The lowest BCUT2D eigenvalue weighted by atomic mass is 10.3. The van der Waals surface area contributed by atoms with Crippen molar-refractivity contribution >= 4 is 26.5 Å². The number of sulfonamides is 1. The molecule has 2 aromatic heterocycles. The zero-order valence-corrected chi connectivity index (χ0v) is 11.2. The third kappa shape index (κ3) is 2.47. The molecule has 0 saturated heterocycles. The summed E-state index contributed by atoms with van der Waals surface area (Å²) in [6.45, 7) is 1.66. The maximum Gasteiger partial charge on any atom is 0.270 e. The van der Waals surface area contributed by atoms with Crippen molar-refractivity contribution in [2.75, 3.05) is 5.73 Å². The molecule has 0 aromatic carbocycles. The van der Waals surface area contributed by atoms with Crippen LogP contribution in [-0.4, -0.2) is 33.4 Å². The molecule has 0 aliphatic heterocycles.